The standard InChI is InChI=1S/C8H20N2O2.C5H14N2O/c1-7(11)5-9-3-4-10-6-8(2)12;1-5(8)4-7-3-2-6/h7-12H,3-6H2,1-2H3;5,7-8H,2-4,6H2,1H3. The Hall–Kier alpha value is -0.280. The van der Waals surface area contributed by atoms with Crippen LogP contribution in [0.5, 0.6) is 0 Å². The second kappa shape index (κ2) is 16.8. The quantitative estimate of drug-likeness (QED) is 0.217. The lowest BCUT2D eigenvalue weighted by Crippen LogP contribution is -2.34. The van der Waals surface area contributed by atoms with Crippen LogP contribution in [-0.2, 0) is 0 Å². The number of nitrogens with two attached hydrogens (primary N) is 1. The van der Waals surface area contributed by atoms with E-state index in [1.165, 1.54) is 0 Å². The number of aliphatic hydroxyl groups is 3. The maximum absolute atomic E-state index is 8.87. The highest BCUT2D eigenvalue weighted by molar-refractivity contribution is 4.57. The molecule has 0 saturated carbocycles. The molecule has 0 aliphatic heterocycles. The summed E-state index contributed by atoms with van der Waals surface area (Å²) in [6.45, 7) is 10.2. The first-order chi connectivity index (χ1) is 9.40. The molecule has 0 heterocycles. The summed E-state index contributed by atoms with van der Waals surface area (Å²) in [7, 11) is 0. The summed E-state index contributed by atoms with van der Waals surface area (Å²) in [5.74, 6) is 0. The van der Waals surface area contributed by atoms with Gasteiger partial charge in [0, 0.05) is 45.8 Å². The van der Waals surface area contributed by atoms with Gasteiger partial charge >= 0.3 is 0 Å². The Morgan fingerprint density at radius 3 is 1.25 bits per heavy atom. The van der Waals surface area contributed by atoms with Gasteiger partial charge in [-0.15, -0.1) is 0 Å². The SMILES string of the molecule is CC(O)CNCCN.CC(O)CNCCNCC(C)O. The summed E-state index contributed by atoms with van der Waals surface area (Å²) >= 11 is 0. The van der Waals surface area contributed by atoms with E-state index in [1.807, 2.05) is 0 Å². The molecule has 0 aliphatic carbocycles. The van der Waals surface area contributed by atoms with E-state index in [0.717, 1.165) is 19.6 Å². The lowest BCUT2D eigenvalue weighted by atomic mass is 10.4. The first-order valence-corrected chi connectivity index (χ1v) is 7.26. The molecule has 0 aromatic heterocycles. The smallest absolute Gasteiger partial charge is 0.0636 e. The highest BCUT2D eigenvalue weighted by Crippen LogP contribution is 1.75. The van der Waals surface area contributed by atoms with Crippen molar-refractivity contribution in [3.8, 4) is 0 Å². The molecular weight excluding hydrogens is 260 g/mol. The largest absolute Gasteiger partial charge is 0.392 e. The van der Waals surface area contributed by atoms with Crippen molar-refractivity contribution < 1.29 is 15.3 Å². The van der Waals surface area contributed by atoms with Crippen molar-refractivity contribution in [2.75, 3.05) is 45.8 Å². The fourth-order valence-electron chi connectivity index (χ4n) is 1.21. The fraction of sp³-hybridized carbons (Fsp3) is 1.00. The zero-order valence-electron chi connectivity index (χ0n) is 13.1. The molecule has 0 rings (SSSR count). The van der Waals surface area contributed by atoms with Crippen molar-refractivity contribution >= 4 is 0 Å². The summed E-state index contributed by atoms with van der Waals surface area (Å²) < 4.78 is 0. The predicted octanol–water partition coefficient (Wildman–Crippen LogP) is -2.16. The summed E-state index contributed by atoms with van der Waals surface area (Å²) in [6, 6.07) is 0. The first kappa shape index (κ1) is 22.0. The molecule has 0 spiro atoms. The fourth-order valence-corrected chi connectivity index (χ4v) is 1.21. The molecule has 20 heavy (non-hydrogen) atoms. The molecule has 3 unspecified atom stereocenters. The molecule has 0 bridgehead atoms. The molecule has 7 heteroatoms. The van der Waals surface area contributed by atoms with Gasteiger partial charge in [-0.25, -0.2) is 0 Å². The third kappa shape index (κ3) is 26.3. The minimum absolute atomic E-state index is 0.262. The molecule has 0 radical (unpaired) electrons. The van der Waals surface area contributed by atoms with E-state index < -0.39 is 0 Å². The number of aliphatic hydroxyl groups excluding tert-OH is 3. The molecule has 0 aliphatic rings. The summed E-state index contributed by atoms with van der Waals surface area (Å²) in [5.41, 5.74) is 5.17. The van der Waals surface area contributed by atoms with E-state index in [1.54, 1.807) is 20.8 Å². The van der Waals surface area contributed by atoms with Crippen molar-refractivity contribution in [1.29, 1.82) is 0 Å². The predicted molar refractivity (Wildman–Crippen MR) is 82.7 cm³/mol. The average Bonchev–Trinajstić information content (AvgIpc) is 2.33. The van der Waals surface area contributed by atoms with E-state index in [-0.39, 0.29) is 18.3 Å². The van der Waals surface area contributed by atoms with Crippen LogP contribution >= 0.6 is 0 Å². The van der Waals surface area contributed by atoms with Gasteiger partial charge in [0.1, 0.15) is 0 Å². The summed E-state index contributed by atoms with van der Waals surface area (Å²) in [4.78, 5) is 0. The number of rotatable bonds is 11. The Bertz CT molecular complexity index is 169. The molecule has 0 amide bonds. The third-order valence-corrected chi connectivity index (χ3v) is 2.12. The molecule has 0 aromatic carbocycles. The van der Waals surface area contributed by atoms with Crippen LogP contribution in [0.15, 0.2) is 0 Å². The lowest BCUT2D eigenvalue weighted by molar-refractivity contribution is 0.186. The van der Waals surface area contributed by atoms with E-state index >= 15 is 0 Å². The Morgan fingerprint density at radius 1 is 0.700 bits per heavy atom. The van der Waals surface area contributed by atoms with E-state index in [4.69, 9.17) is 21.1 Å². The van der Waals surface area contributed by atoms with Crippen molar-refractivity contribution in [1.82, 2.24) is 16.0 Å². The van der Waals surface area contributed by atoms with E-state index in [9.17, 15) is 0 Å². The Balaban J connectivity index is 0. The zero-order valence-corrected chi connectivity index (χ0v) is 13.1. The van der Waals surface area contributed by atoms with Crippen molar-refractivity contribution in [3.63, 3.8) is 0 Å². The van der Waals surface area contributed by atoms with Gasteiger partial charge in [0.2, 0.25) is 0 Å². The topological polar surface area (TPSA) is 123 Å². The lowest BCUT2D eigenvalue weighted by Gasteiger charge is -2.08. The Kier molecular flexibility index (Phi) is 18.5. The highest BCUT2D eigenvalue weighted by Gasteiger charge is 1.95. The molecule has 0 saturated heterocycles. The van der Waals surface area contributed by atoms with Crippen LogP contribution in [0.3, 0.4) is 0 Å². The maximum Gasteiger partial charge on any atom is 0.0636 e. The molecule has 0 aromatic rings. The molecule has 0 fully saturated rings. The maximum atomic E-state index is 8.87. The van der Waals surface area contributed by atoms with Gasteiger partial charge in [-0.2, -0.15) is 0 Å². The molecule has 8 N–H and O–H groups in total. The third-order valence-electron chi connectivity index (χ3n) is 2.12. The van der Waals surface area contributed by atoms with E-state index in [2.05, 4.69) is 16.0 Å². The molecular formula is C13H34N4O3. The van der Waals surface area contributed by atoms with Gasteiger partial charge in [0.05, 0.1) is 18.3 Å². The zero-order chi connectivity index (χ0) is 15.8. The minimum Gasteiger partial charge on any atom is -0.392 e. The average molecular weight is 294 g/mol. The second-order valence-corrected chi connectivity index (χ2v) is 4.95. The minimum atomic E-state index is -0.290. The number of hydrogen-bond donors (Lipinski definition) is 7. The van der Waals surface area contributed by atoms with Crippen LogP contribution in [0, 0.1) is 0 Å². The number of hydrogen-bond acceptors (Lipinski definition) is 7. The van der Waals surface area contributed by atoms with Crippen LogP contribution in [0.1, 0.15) is 20.8 Å². The summed E-state index contributed by atoms with van der Waals surface area (Å²) in [5, 5.41) is 35.5. The second-order valence-electron chi connectivity index (χ2n) is 4.95. The summed E-state index contributed by atoms with van der Waals surface area (Å²) in [6.07, 6.45) is -0.843. The highest BCUT2D eigenvalue weighted by atomic mass is 16.3. The molecule has 124 valence electrons. The van der Waals surface area contributed by atoms with Crippen molar-refractivity contribution in [2.45, 2.75) is 39.1 Å². The van der Waals surface area contributed by atoms with Crippen molar-refractivity contribution in [2.24, 2.45) is 5.73 Å². The Morgan fingerprint density at radius 2 is 1.00 bits per heavy atom. The van der Waals surface area contributed by atoms with Crippen LogP contribution < -0.4 is 21.7 Å². The first-order valence-electron chi connectivity index (χ1n) is 7.26. The van der Waals surface area contributed by atoms with Gasteiger partial charge in [-0.3, -0.25) is 0 Å². The van der Waals surface area contributed by atoms with Crippen LogP contribution in [-0.4, -0.2) is 79.4 Å². The van der Waals surface area contributed by atoms with Crippen LogP contribution in [0.4, 0.5) is 0 Å². The van der Waals surface area contributed by atoms with Crippen LogP contribution in [0.25, 0.3) is 0 Å². The van der Waals surface area contributed by atoms with Gasteiger partial charge in [-0.1, -0.05) is 0 Å². The Labute approximate surface area is 122 Å². The number of nitrogens with one attached hydrogen (secondary N) is 3. The van der Waals surface area contributed by atoms with E-state index in [0.29, 0.717) is 26.2 Å². The van der Waals surface area contributed by atoms with Gasteiger partial charge in [-0.05, 0) is 20.8 Å². The van der Waals surface area contributed by atoms with Gasteiger partial charge < -0.3 is 37.0 Å². The van der Waals surface area contributed by atoms with Gasteiger partial charge in [0.15, 0.2) is 0 Å². The molecule has 3 atom stereocenters. The molecule has 7 nitrogen and oxygen atoms in total. The van der Waals surface area contributed by atoms with Crippen molar-refractivity contribution in [3.05, 3.63) is 0 Å². The normalized spacial score (nSPS) is 15.2. The van der Waals surface area contributed by atoms with Gasteiger partial charge in [0.25, 0.3) is 0 Å². The van der Waals surface area contributed by atoms with Crippen LogP contribution in [0.2, 0.25) is 0 Å². The monoisotopic (exact) mass is 294 g/mol.